The quantitative estimate of drug-likeness (QED) is 0.773. The van der Waals surface area contributed by atoms with Gasteiger partial charge in [0.2, 0.25) is 0 Å². The van der Waals surface area contributed by atoms with E-state index in [-0.39, 0.29) is 6.04 Å². The van der Waals surface area contributed by atoms with Crippen molar-refractivity contribution in [1.29, 1.82) is 0 Å². The Morgan fingerprint density at radius 3 is 3.00 bits per heavy atom. The van der Waals surface area contributed by atoms with Gasteiger partial charge in [0.15, 0.2) is 0 Å². The Hall–Kier alpha value is -1.20. The molecular weight excluding hydrogens is 184 g/mol. The highest BCUT2D eigenvalue weighted by atomic mass is 32.1. The second-order valence-corrected chi connectivity index (χ2v) is 3.60. The van der Waals surface area contributed by atoms with Crippen molar-refractivity contribution in [3.05, 3.63) is 34.3 Å². The standard InChI is InChI=1S/C8H10N4S/c1-12-7(4-10-11-12)8(9)6-2-3-13-5-6/h2-5,8H,9H2,1H3. The molecule has 0 saturated carbocycles. The second kappa shape index (κ2) is 3.27. The highest BCUT2D eigenvalue weighted by Gasteiger charge is 2.12. The van der Waals surface area contributed by atoms with Crippen molar-refractivity contribution in [3.8, 4) is 0 Å². The number of nitrogens with zero attached hydrogens (tertiary/aromatic N) is 3. The number of nitrogens with two attached hydrogens (primary N) is 1. The Bertz CT molecular complexity index is 379. The second-order valence-electron chi connectivity index (χ2n) is 2.82. The Labute approximate surface area is 80.0 Å². The van der Waals surface area contributed by atoms with Crippen LogP contribution in [0.5, 0.6) is 0 Å². The highest BCUT2D eigenvalue weighted by molar-refractivity contribution is 7.07. The number of aromatic nitrogens is 3. The van der Waals surface area contributed by atoms with Crippen LogP contribution in [0.25, 0.3) is 0 Å². The zero-order valence-electron chi connectivity index (χ0n) is 7.21. The van der Waals surface area contributed by atoms with Gasteiger partial charge in [-0.1, -0.05) is 5.21 Å². The van der Waals surface area contributed by atoms with E-state index in [9.17, 15) is 0 Å². The van der Waals surface area contributed by atoms with Crippen molar-refractivity contribution in [2.24, 2.45) is 12.8 Å². The number of hydrogen-bond acceptors (Lipinski definition) is 4. The molecule has 0 saturated heterocycles. The molecule has 0 aromatic carbocycles. The van der Waals surface area contributed by atoms with Gasteiger partial charge in [0.1, 0.15) is 0 Å². The van der Waals surface area contributed by atoms with E-state index >= 15 is 0 Å². The van der Waals surface area contributed by atoms with Crippen molar-refractivity contribution in [3.63, 3.8) is 0 Å². The molecule has 4 nitrogen and oxygen atoms in total. The summed E-state index contributed by atoms with van der Waals surface area (Å²) in [5, 5.41) is 11.7. The summed E-state index contributed by atoms with van der Waals surface area (Å²) >= 11 is 1.64. The third-order valence-corrected chi connectivity index (χ3v) is 2.67. The molecule has 0 amide bonds. The van der Waals surface area contributed by atoms with E-state index in [4.69, 9.17) is 5.73 Å². The molecule has 0 bridgehead atoms. The van der Waals surface area contributed by atoms with Gasteiger partial charge in [-0.05, 0) is 22.4 Å². The first kappa shape index (κ1) is 8.40. The molecule has 0 aliphatic rings. The van der Waals surface area contributed by atoms with Crippen LogP contribution in [0.3, 0.4) is 0 Å². The van der Waals surface area contributed by atoms with Gasteiger partial charge in [0.25, 0.3) is 0 Å². The van der Waals surface area contributed by atoms with Crippen molar-refractivity contribution in [2.45, 2.75) is 6.04 Å². The molecule has 68 valence electrons. The molecule has 1 unspecified atom stereocenters. The Morgan fingerprint density at radius 1 is 1.62 bits per heavy atom. The van der Waals surface area contributed by atoms with E-state index in [0.717, 1.165) is 11.3 Å². The molecule has 2 aromatic rings. The summed E-state index contributed by atoms with van der Waals surface area (Å²) in [6.45, 7) is 0. The van der Waals surface area contributed by atoms with Gasteiger partial charge in [0, 0.05) is 7.05 Å². The normalized spacial score (nSPS) is 13.1. The zero-order valence-corrected chi connectivity index (χ0v) is 8.03. The average Bonchev–Trinajstić information content (AvgIpc) is 2.72. The first-order chi connectivity index (χ1) is 6.29. The summed E-state index contributed by atoms with van der Waals surface area (Å²) in [5.74, 6) is 0. The summed E-state index contributed by atoms with van der Waals surface area (Å²) in [6, 6.07) is 1.90. The van der Waals surface area contributed by atoms with Crippen LogP contribution in [-0.2, 0) is 7.05 Å². The first-order valence-corrected chi connectivity index (χ1v) is 4.85. The lowest BCUT2D eigenvalue weighted by Crippen LogP contribution is -2.15. The maximum atomic E-state index is 6.01. The lowest BCUT2D eigenvalue weighted by Gasteiger charge is -2.08. The molecule has 2 aromatic heterocycles. The molecule has 2 rings (SSSR count). The predicted octanol–water partition coefficient (Wildman–Crippen LogP) is 0.925. The summed E-state index contributed by atoms with van der Waals surface area (Å²) in [7, 11) is 1.84. The van der Waals surface area contributed by atoms with Crippen LogP contribution in [-0.4, -0.2) is 15.0 Å². The van der Waals surface area contributed by atoms with E-state index in [2.05, 4.69) is 10.3 Å². The summed E-state index contributed by atoms with van der Waals surface area (Å²) in [5.41, 5.74) is 8.05. The van der Waals surface area contributed by atoms with Crippen LogP contribution in [0.15, 0.2) is 23.0 Å². The van der Waals surface area contributed by atoms with Crippen LogP contribution >= 0.6 is 11.3 Å². The minimum atomic E-state index is -0.119. The van der Waals surface area contributed by atoms with E-state index in [1.54, 1.807) is 22.2 Å². The van der Waals surface area contributed by atoms with Gasteiger partial charge >= 0.3 is 0 Å². The van der Waals surface area contributed by atoms with E-state index in [1.807, 2.05) is 23.9 Å². The zero-order chi connectivity index (χ0) is 9.26. The predicted molar refractivity (Wildman–Crippen MR) is 51.4 cm³/mol. The van der Waals surface area contributed by atoms with Crippen molar-refractivity contribution in [1.82, 2.24) is 15.0 Å². The monoisotopic (exact) mass is 194 g/mol. The SMILES string of the molecule is Cn1nncc1C(N)c1ccsc1. The van der Waals surface area contributed by atoms with Gasteiger partial charge in [-0.25, -0.2) is 0 Å². The number of rotatable bonds is 2. The van der Waals surface area contributed by atoms with Crippen LogP contribution in [0, 0.1) is 0 Å². The lowest BCUT2D eigenvalue weighted by molar-refractivity contribution is 0.652. The number of hydrogen-bond donors (Lipinski definition) is 1. The number of aryl methyl sites for hydroxylation is 1. The fourth-order valence-electron chi connectivity index (χ4n) is 1.20. The van der Waals surface area contributed by atoms with Crippen LogP contribution in [0.2, 0.25) is 0 Å². The average molecular weight is 194 g/mol. The summed E-state index contributed by atoms with van der Waals surface area (Å²) in [4.78, 5) is 0. The molecule has 2 N–H and O–H groups in total. The maximum Gasteiger partial charge on any atom is 0.0796 e. The molecular formula is C8H10N4S. The van der Waals surface area contributed by atoms with Crippen LogP contribution < -0.4 is 5.73 Å². The largest absolute Gasteiger partial charge is 0.319 e. The highest BCUT2D eigenvalue weighted by Crippen LogP contribution is 2.19. The van der Waals surface area contributed by atoms with Crippen LogP contribution in [0.4, 0.5) is 0 Å². The van der Waals surface area contributed by atoms with E-state index in [0.29, 0.717) is 0 Å². The van der Waals surface area contributed by atoms with E-state index in [1.165, 1.54) is 0 Å². The molecule has 13 heavy (non-hydrogen) atoms. The third-order valence-electron chi connectivity index (χ3n) is 1.97. The molecule has 0 fully saturated rings. The summed E-state index contributed by atoms with van der Waals surface area (Å²) in [6.07, 6.45) is 1.70. The molecule has 0 aliphatic heterocycles. The van der Waals surface area contributed by atoms with Crippen molar-refractivity contribution < 1.29 is 0 Å². The molecule has 2 heterocycles. The van der Waals surface area contributed by atoms with E-state index < -0.39 is 0 Å². The topological polar surface area (TPSA) is 56.7 Å². The molecule has 0 aliphatic carbocycles. The van der Waals surface area contributed by atoms with Gasteiger partial charge in [-0.2, -0.15) is 11.3 Å². The lowest BCUT2D eigenvalue weighted by atomic mass is 10.1. The van der Waals surface area contributed by atoms with Crippen LogP contribution in [0.1, 0.15) is 17.3 Å². The maximum absolute atomic E-state index is 6.01. The smallest absolute Gasteiger partial charge is 0.0796 e. The molecule has 5 heteroatoms. The molecule has 1 atom stereocenters. The fraction of sp³-hybridized carbons (Fsp3) is 0.250. The van der Waals surface area contributed by atoms with Crippen molar-refractivity contribution >= 4 is 11.3 Å². The Balaban J connectivity index is 2.33. The van der Waals surface area contributed by atoms with Gasteiger partial charge in [0.05, 0.1) is 17.9 Å². The van der Waals surface area contributed by atoms with Gasteiger partial charge < -0.3 is 5.73 Å². The first-order valence-electron chi connectivity index (χ1n) is 3.91. The molecule has 0 spiro atoms. The van der Waals surface area contributed by atoms with Gasteiger partial charge in [-0.3, -0.25) is 4.68 Å². The Kier molecular flexibility index (Phi) is 2.12. The van der Waals surface area contributed by atoms with Crippen molar-refractivity contribution in [2.75, 3.05) is 0 Å². The summed E-state index contributed by atoms with van der Waals surface area (Å²) < 4.78 is 1.70. The third kappa shape index (κ3) is 1.48. The Morgan fingerprint density at radius 2 is 2.46 bits per heavy atom. The minimum absolute atomic E-state index is 0.119. The fourth-order valence-corrected chi connectivity index (χ4v) is 1.90. The van der Waals surface area contributed by atoms with Gasteiger partial charge in [-0.15, -0.1) is 5.10 Å². The minimum Gasteiger partial charge on any atom is -0.319 e. The molecule has 0 radical (unpaired) electrons. The number of thiophene rings is 1.